The van der Waals surface area contributed by atoms with E-state index in [-0.39, 0.29) is 12.5 Å². The van der Waals surface area contributed by atoms with Crippen LogP contribution in [0.5, 0.6) is 11.5 Å². The Morgan fingerprint density at radius 1 is 1.22 bits per heavy atom. The lowest BCUT2D eigenvalue weighted by Gasteiger charge is -2.11. The van der Waals surface area contributed by atoms with E-state index in [1.807, 2.05) is 31.2 Å². The minimum Gasteiger partial charge on any atom is -0.493 e. The molecule has 0 aliphatic carbocycles. The first-order chi connectivity index (χ1) is 11.1. The second-order valence-electron chi connectivity index (χ2n) is 4.76. The highest BCUT2D eigenvalue weighted by Gasteiger charge is 2.08. The van der Waals surface area contributed by atoms with Crippen LogP contribution < -0.4 is 14.8 Å². The second kappa shape index (κ2) is 7.98. The maximum atomic E-state index is 13.1. The molecule has 0 radical (unpaired) electrons. The number of halogens is 1. The fraction of sp³-hybridized carbons (Fsp3) is 0.167. The van der Waals surface area contributed by atoms with Gasteiger partial charge in [0.15, 0.2) is 18.1 Å². The lowest BCUT2D eigenvalue weighted by Crippen LogP contribution is -2.20. The molecule has 23 heavy (non-hydrogen) atoms. The van der Waals surface area contributed by atoms with E-state index in [0.717, 1.165) is 5.56 Å². The lowest BCUT2D eigenvalue weighted by molar-refractivity contribution is -0.118. The molecular weight excluding hydrogens is 297 g/mol. The zero-order valence-corrected chi connectivity index (χ0v) is 13.0. The Balaban J connectivity index is 1.98. The first-order valence-corrected chi connectivity index (χ1v) is 7.11. The molecule has 1 N–H and O–H groups in total. The van der Waals surface area contributed by atoms with Gasteiger partial charge >= 0.3 is 0 Å². The largest absolute Gasteiger partial charge is 0.493 e. The number of nitrogens with one attached hydrogen (secondary N) is 1. The topological polar surface area (TPSA) is 47.6 Å². The van der Waals surface area contributed by atoms with Crippen LogP contribution in [0.2, 0.25) is 0 Å². The number of benzene rings is 2. The van der Waals surface area contributed by atoms with E-state index in [2.05, 4.69) is 5.32 Å². The van der Waals surface area contributed by atoms with Gasteiger partial charge in [0, 0.05) is 5.69 Å². The number of hydrogen-bond acceptors (Lipinski definition) is 3. The Morgan fingerprint density at radius 3 is 2.74 bits per heavy atom. The fourth-order valence-corrected chi connectivity index (χ4v) is 2.01. The Morgan fingerprint density at radius 2 is 2.04 bits per heavy atom. The van der Waals surface area contributed by atoms with Crippen LogP contribution in [-0.2, 0) is 4.79 Å². The van der Waals surface area contributed by atoms with E-state index in [1.165, 1.54) is 25.3 Å². The highest BCUT2D eigenvalue weighted by molar-refractivity contribution is 5.91. The molecule has 0 saturated carbocycles. The molecule has 2 aromatic rings. The van der Waals surface area contributed by atoms with Gasteiger partial charge in [0.25, 0.3) is 5.91 Å². The summed E-state index contributed by atoms with van der Waals surface area (Å²) in [5, 5.41) is 2.57. The van der Waals surface area contributed by atoms with E-state index in [1.54, 1.807) is 12.1 Å². The van der Waals surface area contributed by atoms with Gasteiger partial charge < -0.3 is 14.8 Å². The van der Waals surface area contributed by atoms with Crippen molar-refractivity contribution in [2.24, 2.45) is 0 Å². The predicted molar refractivity (Wildman–Crippen MR) is 88.2 cm³/mol. The summed E-state index contributed by atoms with van der Waals surface area (Å²) in [6, 6.07) is 11.1. The van der Waals surface area contributed by atoms with Gasteiger partial charge in [0.2, 0.25) is 0 Å². The molecule has 0 fully saturated rings. The van der Waals surface area contributed by atoms with Crippen molar-refractivity contribution in [3.8, 4) is 11.5 Å². The maximum absolute atomic E-state index is 13.1. The predicted octanol–water partition coefficient (Wildman–Crippen LogP) is 3.88. The van der Waals surface area contributed by atoms with Gasteiger partial charge in [-0.05, 0) is 42.8 Å². The summed E-state index contributed by atoms with van der Waals surface area (Å²) >= 11 is 0. The zero-order valence-electron chi connectivity index (χ0n) is 13.0. The van der Waals surface area contributed by atoms with Crippen molar-refractivity contribution in [1.82, 2.24) is 0 Å². The number of allylic oxidation sites excluding steroid dienone is 1. The number of rotatable bonds is 6. The van der Waals surface area contributed by atoms with Crippen LogP contribution in [0.1, 0.15) is 12.5 Å². The van der Waals surface area contributed by atoms with Gasteiger partial charge in [0.05, 0.1) is 7.11 Å². The van der Waals surface area contributed by atoms with Crippen molar-refractivity contribution in [3.63, 3.8) is 0 Å². The molecule has 4 nitrogen and oxygen atoms in total. The Hall–Kier alpha value is -2.82. The average molecular weight is 315 g/mol. The third kappa shape index (κ3) is 4.85. The van der Waals surface area contributed by atoms with Crippen molar-refractivity contribution in [2.75, 3.05) is 19.0 Å². The minimum atomic E-state index is -0.412. The van der Waals surface area contributed by atoms with Crippen molar-refractivity contribution < 1.29 is 18.7 Å². The third-order valence-electron chi connectivity index (χ3n) is 3.01. The van der Waals surface area contributed by atoms with Crippen molar-refractivity contribution >= 4 is 17.7 Å². The molecule has 2 rings (SSSR count). The lowest BCUT2D eigenvalue weighted by atomic mass is 10.2. The van der Waals surface area contributed by atoms with Gasteiger partial charge in [-0.25, -0.2) is 4.39 Å². The van der Waals surface area contributed by atoms with Crippen LogP contribution in [0.15, 0.2) is 48.5 Å². The molecule has 1 amide bonds. The van der Waals surface area contributed by atoms with Crippen LogP contribution >= 0.6 is 0 Å². The van der Waals surface area contributed by atoms with Crippen LogP contribution in [-0.4, -0.2) is 19.6 Å². The van der Waals surface area contributed by atoms with Crippen LogP contribution in [0, 0.1) is 5.82 Å². The number of ether oxygens (including phenoxy) is 2. The Kier molecular flexibility index (Phi) is 5.74. The normalized spacial score (nSPS) is 10.6. The van der Waals surface area contributed by atoms with E-state index >= 15 is 0 Å². The molecule has 0 heterocycles. The monoisotopic (exact) mass is 315 g/mol. The standard InChI is InChI=1S/C18H18FNO3/c1-3-5-13-8-9-16(17(10-13)22-2)23-12-18(21)20-15-7-4-6-14(19)11-15/h3-11H,12H2,1-2H3,(H,20,21)/b5-3+. The third-order valence-corrected chi connectivity index (χ3v) is 3.01. The molecule has 120 valence electrons. The SMILES string of the molecule is C/C=C/c1ccc(OCC(=O)Nc2cccc(F)c2)c(OC)c1. The molecule has 0 aromatic heterocycles. The fourth-order valence-electron chi connectivity index (χ4n) is 2.01. The highest BCUT2D eigenvalue weighted by atomic mass is 19.1. The average Bonchev–Trinajstić information content (AvgIpc) is 2.54. The van der Waals surface area contributed by atoms with Gasteiger partial charge in [-0.15, -0.1) is 0 Å². The molecule has 0 spiro atoms. The van der Waals surface area contributed by atoms with E-state index < -0.39 is 5.82 Å². The molecule has 0 bridgehead atoms. The summed E-state index contributed by atoms with van der Waals surface area (Å²) in [5.74, 6) is 0.217. The molecule has 0 atom stereocenters. The van der Waals surface area contributed by atoms with E-state index in [9.17, 15) is 9.18 Å². The van der Waals surface area contributed by atoms with Gasteiger partial charge in [-0.2, -0.15) is 0 Å². The Labute approximate surface area is 134 Å². The van der Waals surface area contributed by atoms with Crippen molar-refractivity contribution in [2.45, 2.75) is 6.92 Å². The molecule has 0 unspecified atom stereocenters. The number of methoxy groups -OCH3 is 1. The summed E-state index contributed by atoms with van der Waals surface area (Å²) in [7, 11) is 1.54. The Bertz CT molecular complexity index is 713. The summed E-state index contributed by atoms with van der Waals surface area (Å²) in [6.07, 6.45) is 3.85. The van der Waals surface area contributed by atoms with Crippen molar-refractivity contribution in [1.29, 1.82) is 0 Å². The number of carbonyl (C=O) groups excluding carboxylic acids is 1. The van der Waals surface area contributed by atoms with Gasteiger partial charge in [0.1, 0.15) is 5.82 Å². The maximum Gasteiger partial charge on any atom is 0.262 e. The summed E-state index contributed by atoms with van der Waals surface area (Å²) < 4.78 is 23.8. The second-order valence-corrected chi connectivity index (χ2v) is 4.76. The number of hydrogen-bond donors (Lipinski definition) is 1. The molecular formula is C18H18FNO3. The smallest absolute Gasteiger partial charge is 0.262 e. The van der Waals surface area contributed by atoms with Gasteiger partial charge in [-0.3, -0.25) is 4.79 Å². The van der Waals surface area contributed by atoms with E-state index in [4.69, 9.17) is 9.47 Å². The quantitative estimate of drug-likeness (QED) is 0.880. The molecule has 5 heteroatoms. The first kappa shape index (κ1) is 16.5. The van der Waals surface area contributed by atoms with Crippen molar-refractivity contribution in [3.05, 3.63) is 59.9 Å². The van der Waals surface area contributed by atoms with Crippen LogP contribution in [0.25, 0.3) is 6.08 Å². The summed E-state index contributed by atoms with van der Waals surface area (Å²) in [5.41, 5.74) is 1.36. The number of anilines is 1. The zero-order chi connectivity index (χ0) is 16.7. The van der Waals surface area contributed by atoms with Crippen LogP contribution in [0.3, 0.4) is 0 Å². The number of carbonyl (C=O) groups is 1. The molecule has 0 aliphatic rings. The molecule has 0 saturated heterocycles. The van der Waals surface area contributed by atoms with Gasteiger partial charge in [-0.1, -0.05) is 24.3 Å². The molecule has 0 aliphatic heterocycles. The molecule has 2 aromatic carbocycles. The summed E-state index contributed by atoms with van der Waals surface area (Å²) in [6.45, 7) is 1.73. The minimum absolute atomic E-state index is 0.199. The van der Waals surface area contributed by atoms with Crippen LogP contribution in [0.4, 0.5) is 10.1 Å². The highest BCUT2D eigenvalue weighted by Crippen LogP contribution is 2.28. The van der Waals surface area contributed by atoms with E-state index in [0.29, 0.717) is 17.2 Å². The summed E-state index contributed by atoms with van der Waals surface area (Å²) in [4.78, 5) is 11.9. The number of amides is 1. The first-order valence-electron chi connectivity index (χ1n) is 7.11.